The van der Waals surface area contributed by atoms with Gasteiger partial charge >= 0.3 is 7.12 Å². The Morgan fingerprint density at radius 2 is 1.72 bits per heavy atom. The Balaban J connectivity index is 2.23. The molecule has 0 spiro atoms. The lowest BCUT2D eigenvalue weighted by Gasteiger charge is -2.32. The Labute approximate surface area is 112 Å². The fourth-order valence-corrected chi connectivity index (χ4v) is 2.51. The Morgan fingerprint density at radius 1 is 1.22 bits per heavy atom. The van der Waals surface area contributed by atoms with Gasteiger partial charge in [-0.1, -0.05) is 0 Å². The van der Waals surface area contributed by atoms with E-state index in [1.165, 1.54) is 11.3 Å². The van der Waals surface area contributed by atoms with Gasteiger partial charge in [0.25, 0.3) is 0 Å². The molecule has 2 rings (SSSR count). The summed E-state index contributed by atoms with van der Waals surface area (Å²) in [5.41, 5.74) is -1.63. The Hall–Kier alpha value is -0.425. The van der Waals surface area contributed by atoms with Gasteiger partial charge in [0.2, 0.25) is 0 Å². The molecule has 0 aromatic carbocycles. The number of thiazole rings is 1. The van der Waals surface area contributed by atoms with Gasteiger partial charge in [-0.25, -0.2) is 4.98 Å². The van der Waals surface area contributed by atoms with Crippen molar-refractivity contribution in [2.24, 2.45) is 0 Å². The number of hydrogen-bond donors (Lipinski definition) is 1. The van der Waals surface area contributed by atoms with Gasteiger partial charge in [0, 0.05) is 6.20 Å². The minimum Gasteiger partial charge on any atom is -0.399 e. The predicted octanol–water partition coefficient (Wildman–Crippen LogP) is 1.67. The van der Waals surface area contributed by atoms with E-state index < -0.39 is 12.7 Å². The highest BCUT2D eigenvalue weighted by Crippen LogP contribution is 2.37. The lowest BCUT2D eigenvalue weighted by molar-refractivity contribution is 0.00578. The predicted molar refractivity (Wildman–Crippen MR) is 73.1 cm³/mol. The van der Waals surface area contributed by atoms with E-state index in [9.17, 15) is 5.11 Å². The molecule has 0 saturated carbocycles. The molecule has 0 radical (unpaired) electrons. The third kappa shape index (κ3) is 2.34. The minimum atomic E-state index is -0.924. The van der Waals surface area contributed by atoms with E-state index in [1.54, 1.807) is 20.0 Å². The summed E-state index contributed by atoms with van der Waals surface area (Å²) < 4.78 is 12.8. The normalized spacial score (nSPS) is 22.5. The lowest BCUT2D eigenvalue weighted by Crippen LogP contribution is -2.41. The van der Waals surface area contributed by atoms with Crippen molar-refractivity contribution in [3.8, 4) is 0 Å². The van der Waals surface area contributed by atoms with Crippen LogP contribution in [-0.2, 0) is 14.9 Å². The standard InChI is InChI=1S/C12H20BNO3S/c1-10(2,15)9-14-7-8(18-9)13-16-11(3,4)12(5,6)17-13/h7,15H,1-6H3. The van der Waals surface area contributed by atoms with Gasteiger partial charge in [-0.15, -0.1) is 11.3 Å². The molecule has 4 nitrogen and oxygen atoms in total. The molecule has 0 unspecified atom stereocenters. The maximum Gasteiger partial charge on any atom is 0.507 e. The molecule has 1 aromatic rings. The van der Waals surface area contributed by atoms with E-state index in [2.05, 4.69) is 4.98 Å². The van der Waals surface area contributed by atoms with Gasteiger partial charge in [-0.2, -0.15) is 0 Å². The molecule has 0 bridgehead atoms. The molecule has 1 fully saturated rings. The molecule has 1 aromatic heterocycles. The summed E-state index contributed by atoms with van der Waals surface area (Å²) >= 11 is 1.43. The molecule has 0 atom stereocenters. The molecule has 1 aliphatic heterocycles. The molecule has 0 amide bonds. The van der Waals surface area contributed by atoms with Crippen LogP contribution < -0.4 is 4.78 Å². The van der Waals surface area contributed by atoms with Crippen LogP contribution in [0, 0.1) is 0 Å². The zero-order valence-electron chi connectivity index (χ0n) is 11.8. The number of rotatable bonds is 2. The Kier molecular flexibility index (Phi) is 3.14. The van der Waals surface area contributed by atoms with Crippen LogP contribution in [-0.4, -0.2) is 28.4 Å². The molecular formula is C12H20BNO3S. The van der Waals surface area contributed by atoms with Crippen LogP contribution in [0.3, 0.4) is 0 Å². The summed E-state index contributed by atoms with van der Waals surface area (Å²) in [5.74, 6) is 0. The minimum absolute atomic E-state index is 0.351. The van der Waals surface area contributed by atoms with Crippen LogP contribution in [0.5, 0.6) is 0 Å². The SMILES string of the molecule is CC(C)(O)c1ncc(B2OC(C)(C)C(C)(C)O2)s1. The van der Waals surface area contributed by atoms with Crippen LogP contribution in [0.2, 0.25) is 0 Å². The molecule has 1 aliphatic rings. The van der Waals surface area contributed by atoms with Gasteiger partial charge < -0.3 is 14.4 Å². The second-order valence-corrected chi connectivity index (χ2v) is 7.28. The van der Waals surface area contributed by atoms with Crippen molar-refractivity contribution in [1.82, 2.24) is 4.98 Å². The largest absolute Gasteiger partial charge is 0.507 e. The highest BCUT2D eigenvalue weighted by atomic mass is 32.1. The van der Waals surface area contributed by atoms with Gasteiger partial charge in [0.1, 0.15) is 10.6 Å². The summed E-state index contributed by atoms with van der Waals surface area (Å²) in [6.45, 7) is 11.5. The van der Waals surface area contributed by atoms with Crippen molar-refractivity contribution in [2.45, 2.75) is 58.3 Å². The Bertz CT molecular complexity index is 434. The van der Waals surface area contributed by atoms with Crippen molar-refractivity contribution in [3.05, 3.63) is 11.2 Å². The van der Waals surface area contributed by atoms with Gasteiger partial charge in [-0.3, -0.25) is 0 Å². The third-order valence-corrected chi connectivity index (χ3v) is 4.86. The van der Waals surface area contributed by atoms with Crippen molar-refractivity contribution < 1.29 is 14.4 Å². The first-order valence-corrected chi connectivity index (χ1v) is 6.89. The van der Waals surface area contributed by atoms with Crippen molar-refractivity contribution >= 4 is 23.2 Å². The summed E-state index contributed by atoms with van der Waals surface area (Å²) in [7, 11) is -0.399. The number of aliphatic hydroxyl groups is 1. The molecule has 0 aliphatic carbocycles. The summed E-state index contributed by atoms with van der Waals surface area (Å²) in [4.78, 5) is 4.24. The lowest BCUT2D eigenvalue weighted by atomic mass is 9.89. The summed E-state index contributed by atoms with van der Waals surface area (Å²) in [6, 6.07) is 0. The fourth-order valence-electron chi connectivity index (χ4n) is 1.64. The third-order valence-electron chi connectivity index (χ3n) is 3.53. The molecule has 1 saturated heterocycles. The maximum atomic E-state index is 9.92. The molecule has 1 N–H and O–H groups in total. The van der Waals surface area contributed by atoms with E-state index in [0.717, 1.165) is 4.78 Å². The number of hydrogen-bond acceptors (Lipinski definition) is 5. The van der Waals surface area contributed by atoms with Crippen LogP contribution in [0.4, 0.5) is 0 Å². The van der Waals surface area contributed by atoms with Crippen LogP contribution >= 0.6 is 11.3 Å². The second kappa shape index (κ2) is 4.03. The fraction of sp³-hybridized carbons (Fsp3) is 0.750. The highest BCUT2D eigenvalue weighted by molar-refractivity contribution is 7.22. The topological polar surface area (TPSA) is 51.6 Å². The van der Waals surface area contributed by atoms with Gasteiger partial charge in [0.05, 0.1) is 16.0 Å². The average Bonchev–Trinajstić information content (AvgIpc) is 2.69. The van der Waals surface area contributed by atoms with Crippen LogP contribution in [0.1, 0.15) is 46.6 Å². The average molecular weight is 269 g/mol. The summed E-state index contributed by atoms with van der Waals surface area (Å²) in [6.07, 6.45) is 1.72. The van der Waals surface area contributed by atoms with Crippen molar-refractivity contribution in [2.75, 3.05) is 0 Å². The number of nitrogens with zero attached hydrogens (tertiary/aromatic N) is 1. The second-order valence-electron chi connectivity index (χ2n) is 6.22. The zero-order valence-corrected chi connectivity index (χ0v) is 12.6. The van der Waals surface area contributed by atoms with E-state index in [-0.39, 0.29) is 11.2 Å². The molecule has 100 valence electrons. The number of aromatic nitrogens is 1. The van der Waals surface area contributed by atoms with E-state index >= 15 is 0 Å². The molecule has 6 heteroatoms. The first kappa shape index (κ1) is 14.0. The maximum absolute atomic E-state index is 9.92. The van der Waals surface area contributed by atoms with Crippen molar-refractivity contribution in [3.63, 3.8) is 0 Å². The zero-order chi connectivity index (χ0) is 13.8. The van der Waals surface area contributed by atoms with E-state index in [0.29, 0.717) is 5.01 Å². The monoisotopic (exact) mass is 269 g/mol. The molecule has 18 heavy (non-hydrogen) atoms. The molecular weight excluding hydrogens is 249 g/mol. The van der Waals surface area contributed by atoms with Gasteiger partial charge in [0.15, 0.2) is 0 Å². The smallest absolute Gasteiger partial charge is 0.399 e. The first-order chi connectivity index (χ1) is 8.03. The highest BCUT2D eigenvalue weighted by Gasteiger charge is 2.52. The quantitative estimate of drug-likeness (QED) is 0.830. The van der Waals surface area contributed by atoms with Crippen molar-refractivity contribution in [1.29, 1.82) is 0 Å². The van der Waals surface area contributed by atoms with Crippen LogP contribution in [0.25, 0.3) is 0 Å². The summed E-state index contributed by atoms with van der Waals surface area (Å²) in [5, 5.41) is 10.6. The van der Waals surface area contributed by atoms with E-state index in [1.807, 2.05) is 27.7 Å². The van der Waals surface area contributed by atoms with Gasteiger partial charge in [-0.05, 0) is 41.5 Å². The van der Waals surface area contributed by atoms with E-state index in [4.69, 9.17) is 9.31 Å². The Morgan fingerprint density at radius 3 is 2.11 bits per heavy atom. The van der Waals surface area contributed by atoms with Crippen LogP contribution in [0.15, 0.2) is 6.20 Å². The first-order valence-electron chi connectivity index (χ1n) is 6.07. The molecule has 2 heterocycles.